The van der Waals surface area contributed by atoms with E-state index >= 15 is 0 Å². The molecule has 16 heavy (non-hydrogen) atoms. The number of para-hydroxylation sites is 1. The van der Waals surface area contributed by atoms with Crippen LogP contribution in [0.1, 0.15) is 20.8 Å². The van der Waals surface area contributed by atoms with Crippen molar-refractivity contribution < 1.29 is 18.6 Å². The minimum absolute atomic E-state index is 0.138. The largest absolute Gasteiger partial charge is 0.485 e. The van der Waals surface area contributed by atoms with Crippen molar-refractivity contribution in [1.82, 2.24) is 0 Å². The van der Waals surface area contributed by atoms with Gasteiger partial charge in [0.2, 0.25) is 0 Å². The molecule has 1 aromatic rings. The van der Waals surface area contributed by atoms with Crippen LogP contribution in [0.2, 0.25) is 0 Å². The van der Waals surface area contributed by atoms with E-state index in [1.807, 2.05) is 20.8 Å². The summed E-state index contributed by atoms with van der Waals surface area (Å²) in [5.74, 6) is -1.96. The first-order valence-electron chi connectivity index (χ1n) is 5.07. The fraction of sp³-hybridized carbons (Fsp3) is 0.500. The molecular formula is C12H16F2O2. The van der Waals surface area contributed by atoms with Gasteiger partial charge in [-0.1, -0.05) is 26.8 Å². The van der Waals surface area contributed by atoms with E-state index in [1.54, 1.807) is 0 Å². The first-order chi connectivity index (χ1) is 7.32. The molecule has 1 atom stereocenters. The normalized spacial score (nSPS) is 13.6. The van der Waals surface area contributed by atoms with Crippen LogP contribution in [-0.2, 0) is 0 Å². The highest BCUT2D eigenvalue weighted by Crippen LogP contribution is 2.24. The summed E-state index contributed by atoms with van der Waals surface area (Å²) < 4.78 is 31.3. The van der Waals surface area contributed by atoms with Crippen molar-refractivity contribution in [3.63, 3.8) is 0 Å². The molecule has 0 spiro atoms. The predicted octanol–water partition coefficient (Wildman–Crippen LogP) is 2.75. The molecule has 0 saturated heterocycles. The Labute approximate surface area is 93.9 Å². The Kier molecular flexibility index (Phi) is 3.86. The summed E-state index contributed by atoms with van der Waals surface area (Å²) in [5, 5.41) is 9.66. The minimum Gasteiger partial charge on any atom is -0.485 e. The molecule has 1 rings (SSSR count). The number of aliphatic hydroxyl groups is 1. The monoisotopic (exact) mass is 230 g/mol. The van der Waals surface area contributed by atoms with Crippen LogP contribution in [0.4, 0.5) is 8.78 Å². The van der Waals surface area contributed by atoms with Crippen LogP contribution in [0.15, 0.2) is 18.2 Å². The van der Waals surface area contributed by atoms with E-state index < -0.39 is 23.5 Å². The van der Waals surface area contributed by atoms with Crippen molar-refractivity contribution in [3.05, 3.63) is 29.8 Å². The molecule has 1 N–H and O–H groups in total. The van der Waals surface area contributed by atoms with Gasteiger partial charge in [0.15, 0.2) is 17.4 Å². The van der Waals surface area contributed by atoms with Crippen molar-refractivity contribution >= 4 is 0 Å². The smallest absolute Gasteiger partial charge is 0.190 e. The van der Waals surface area contributed by atoms with E-state index in [0.29, 0.717) is 0 Å². The fourth-order valence-electron chi connectivity index (χ4n) is 1.03. The lowest BCUT2D eigenvalue weighted by Crippen LogP contribution is -2.32. The molecular weight excluding hydrogens is 214 g/mol. The van der Waals surface area contributed by atoms with Crippen LogP contribution in [0.5, 0.6) is 5.75 Å². The maximum Gasteiger partial charge on any atom is 0.190 e. The molecule has 0 fully saturated rings. The molecule has 90 valence electrons. The summed E-state index contributed by atoms with van der Waals surface area (Å²) in [5.41, 5.74) is -0.387. The molecule has 0 aliphatic rings. The predicted molar refractivity (Wildman–Crippen MR) is 57.3 cm³/mol. The van der Waals surface area contributed by atoms with Crippen LogP contribution in [0.3, 0.4) is 0 Å². The lowest BCUT2D eigenvalue weighted by atomic mass is 9.90. The molecule has 0 amide bonds. The molecule has 1 unspecified atom stereocenters. The third kappa shape index (κ3) is 3.17. The van der Waals surface area contributed by atoms with Gasteiger partial charge < -0.3 is 9.84 Å². The zero-order valence-corrected chi connectivity index (χ0v) is 9.63. The Morgan fingerprint density at radius 3 is 2.19 bits per heavy atom. The van der Waals surface area contributed by atoms with Crippen LogP contribution in [-0.4, -0.2) is 17.8 Å². The Morgan fingerprint density at radius 1 is 1.25 bits per heavy atom. The second-order valence-corrected chi connectivity index (χ2v) is 4.74. The SMILES string of the molecule is CC(C)(C)C(O)COc1c(F)cccc1F. The number of hydrogen-bond donors (Lipinski definition) is 1. The number of rotatable bonds is 3. The maximum atomic E-state index is 13.2. The molecule has 0 heterocycles. The highest BCUT2D eigenvalue weighted by Gasteiger charge is 2.23. The molecule has 0 saturated carbocycles. The second-order valence-electron chi connectivity index (χ2n) is 4.74. The number of benzene rings is 1. The summed E-state index contributed by atoms with van der Waals surface area (Å²) in [6.45, 7) is 5.32. The summed E-state index contributed by atoms with van der Waals surface area (Å²) in [7, 11) is 0. The summed E-state index contributed by atoms with van der Waals surface area (Å²) in [6.07, 6.45) is -0.786. The lowest BCUT2D eigenvalue weighted by Gasteiger charge is -2.25. The van der Waals surface area contributed by atoms with Crippen molar-refractivity contribution in [2.45, 2.75) is 26.9 Å². The molecule has 4 heteroatoms. The zero-order valence-electron chi connectivity index (χ0n) is 9.63. The van der Waals surface area contributed by atoms with Gasteiger partial charge in [-0.05, 0) is 17.5 Å². The van der Waals surface area contributed by atoms with Gasteiger partial charge >= 0.3 is 0 Å². The van der Waals surface area contributed by atoms with E-state index in [-0.39, 0.29) is 12.0 Å². The number of hydrogen-bond acceptors (Lipinski definition) is 2. The first kappa shape index (κ1) is 12.9. The molecule has 0 bridgehead atoms. The molecule has 2 nitrogen and oxygen atoms in total. The van der Waals surface area contributed by atoms with Crippen molar-refractivity contribution in [2.24, 2.45) is 5.41 Å². The topological polar surface area (TPSA) is 29.5 Å². The van der Waals surface area contributed by atoms with Gasteiger partial charge in [-0.25, -0.2) is 8.78 Å². The van der Waals surface area contributed by atoms with Crippen LogP contribution < -0.4 is 4.74 Å². The van der Waals surface area contributed by atoms with Gasteiger partial charge in [0.1, 0.15) is 6.61 Å². The third-order valence-corrected chi connectivity index (χ3v) is 2.30. The Balaban J connectivity index is 2.69. The fourth-order valence-corrected chi connectivity index (χ4v) is 1.03. The third-order valence-electron chi connectivity index (χ3n) is 2.30. The van der Waals surface area contributed by atoms with Gasteiger partial charge in [-0.3, -0.25) is 0 Å². The molecule has 0 radical (unpaired) electrons. The van der Waals surface area contributed by atoms with E-state index in [9.17, 15) is 13.9 Å². The van der Waals surface area contributed by atoms with Gasteiger partial charge in [0, 0.05) is 0 Å². The highest BCUT2D eigenvalue weighted by atomic mass is 19.1. The van der Waals surface area contributed by atoms with Gasteiger partial charge in [-0.2, -0.15) is 0 Å². The first-order valence-corrected chi connectivity index (χ1v) is 5.07. The van der Waals surface area contributed by atoms with Crippen molar-refractivity contribution in [1.29, 1.82) is 0 Å². The zero-order chi connectivity index (χ0) is 12.3. The molecule has 0 aromatic heterocycles. The Hall–Kier alpha value is -1.16. The van der Waals surface area contributed by atoms with Gasteiger partial charge in [-0.15, -0.1) is 0 Å². The molecule has 0 aliphatic heterocycles. The molecule has 1 aromatic carbocycles. The number of halogens is 2. The summed E-state index contributed by atoms with van der Waals surface area (Å²) >= 11 is 0. The summed E-state index contributed by atoms with van der Waals surface area (Å²) in [6, 6.07) is 3.49. The van der Waals surface area contributed by atoms with E-state index in [0.717, 1.165) is 12.1 Å². The van der Waals surface area contributed by atoms with Gasteiger partial charge in [0.05, 0.1) is 6.10 Å². The van der Waals surface area contributed by atoms with Crippen LogP contribution in [0, 0.1) is 17.0 Å². The van der Waals surface area contributed by atoms with Gasteiger partial charge in [0.25, 0.3) is 0 Å². The second kappa shape index (κ2) is 4.78. The average Bonchev–Trinajstić information content (AvgIpc) is 2.15. The van der Waals surface area contributed by atoms with E-state index in [4.69, 9.17) is 4.74 Å². The number of aliphatic hydroxyl groups excluding tert-OH is 1. The van der Waals surface area contributed by atoms with E-state index in [1.165, 1.54) is 6.07 Å². The highest BCUT2D eigenvalue weighted by molar-refractivity contribution is 5.26. The molecule has 0 aliphatic carbocycles. The van der Waals surface area contributed by atoms with Crippen LogP contribution >= 0.6 is 0 Å². The average molecular weight is 230 g/mol. The minimum atomic E-state index is -0.786. The lowest BCUT2D eigenvalue weighted by molar-refractivity contribution is 0.0195. The summed E-state index contributed by atoms with van der Waals surface area (Å²) in [4.78, 5) is 0. The quantitative estimate of drug-likeness (QED) is 0.865. The van der Waals surface area contributed by atoms with Crippen molar-refractivity contribution in [2.75, 3.05) is 6.61 Å². The number of ether oxygens (including phenoxy) is 1. The standard InChI is InChI=1S/C12H16F2O2/c1-12(2,3)10(15)7-16-11-8(13)5-4-6-9(11)14/h4-6,10,15H,7H2,1-3H3. The van der Waals surface area contributed by atoms with Crippen molar-refractivity contribution in [3.8, 4) is 5.75 Å². The maximum absolute atomic E-state index is 13.2. The van der Waals surface area contributed by atoms with E-state index in [2.05, 4.69) is 0 Å². The Bertz CT molecular complexity index is 338. The Morgan fingerprint density at radius 2 is 1.75 bits per heavy atom. The van der Waals surface area contributed by atoms with Crippen LogP contribution in [0.25, 0.3) is 0 Å².